The van der Waals surface area contributed by atoms with Crippen LogP contribution in [-0.4, -0.2) is 35.0 Å². The van der Waals surface area contributed by atoms with Gasteiger partial charge in [0, 0.05) is 42.2 Å². The van der Waals surface area contributed by atoms with Gasteiger partial charge in [0.2, 0.25) is 0 Å². The van der Waals surface area contributed by atoms with Crippen molar-refractivity contribution < 1.29 is 4.79 Å². The van der Waals surface area contributed by atoms with Crippen molar-refractivity contribution in [2.75, 3.05) is 5.73 Å². The van der Waals surface area contributed by atoms with E-state index in [1.807, 2.05) is 68.7 Å². The average molecular weight is 513 g/mol. The van der Waals surface area contributed by atoms with E-state index in [2.05, 4.69) is 38.3 Å². The minimum atomic E-state index is -0.447. The van der Waals surface area contributed by atoms with E-state index in [1.54, 1.807) is 27.7 Å². The summed E-state index contributed by atoms with van der Waals surface area (Å²) in [5.41, 5.74) is 11.8. The molecule has 39 heavy (non-hydrogen) atoms. The Labute approximate surface area is 224 Å². The molecule has 0 fully saturated rings. The molecular formula is C30H24N8O. The quantitative estimate of drug-likeness (QED) is 0.343. The molecule has 0 unspecified atom stereocenters. The topological polar surface area (TPSA) is 116 Å². The van der Waals surface area contributed by atoms with Gasteiger partial charge in [-0.2, -0.15) is 5.10 Å². The Morgan fingerprint density at radius 3 is 2.72 bits per heavy atom. The van der Waals surface area contributed by atoms with Crippen molar-refractivity contribution in [1.82, 2.24) is 34.4 Å². The van der Waals surface area contributed by atoms with Gasteiger partial charge in [-0.05, 0) is 30.7 Å². The van der Waals surface area contributed by atoms with E-state index in [0.29, 0.717) is 5.65 Å². The summed E-state index contributed by atoms with van der Waals surface area (Å²) in [4.78, 5) is 26.9. The summed E-state index contributed by atoms with van der Waals surface area (Å²) < 4.78 is 3.38. The first-order valence-electron chi connectivity index (χ1n) is 12.4. The number of aryl methyl sites for hydroxylation is 1. The summed E-state index contributed by atoms with van der Waals surface area (Å²) in [6, 6.07) is 17.5. The Morgan fingerprint density at radius 1 is 1.08 bits per heavy atom. The molecule has 4 aromatic heterocycles. The van der Waals surface area contributed by atoms with Gasteiger partial charge < -0.3 is 11.1 Å². The molecule has 190 valence electrons. The fourth-order valence-corrected chi connectivity index (χ4v) is 4.58. The maximum atomic E-state index is 13.4. The number of carbonyl (C=O) groups excluding carboxylic acids is 1. The lowest BCUT2D eigenvalue weighted by atomic mass is 9.96. The fraction of sp³-hybridized carbons (Fsp3) is 0.100. The number of anilines is 1. The first-order valence-corrected chi connectivity index (χ1v) is 12.4. The Hall–Kier alpha value is -5.49. The second-order valence-electron chi connectivity index (χ2n) is 9.17. The maximum absolute atomic E-state index is 13.4. The van der Waals surface area contributed by atoms with Gasteiger partial charge >= 0.3 is 0 Å². The van der Waals surface area contributed by atoms with Crippen LogP contribution in [0.25, 0.3) is 27.7 Å². The lowest BCUT2D eigenvalue weighted by Gasteiger charge is -2.19. The highest BCUT2D eigenvalue weighted by Crippen LogP contribution is 2.32. The SMILES string of the molecule is C[C@H](NC(=O)c1c(N)ncn2ccnc12)c1nc2cccc(C#Cc3cnn(C)c3)c2cc1-c1ccccc1. The number of nitrogens with two attached hydrogens (primary N) is 1. The zero-order valence-corrected chi connectivity index (χ0v) is 21.3. The number of aromatic nitrogens is 6. The molecule has 6 rings (SSSR count). The first-order chi connectivity index (χ1) is 19.0. The monoisotopic (exact) mass is 512 g/mol. The van der Waals surface area contributed by atoms with Gasteiger partial charge in [0.1, 0.15) is 17.7 Å². The van der Waals surface area contributed by atoms with Crippen LogP contribution in [0.1, 0.15) is 40.1 Å². The van der Waals surface area contributed by atoms with E-state index in [4.69, 9.17) is 10.7 Å². The number of imidazole rings is 1. The van der Waals surface area contributed by atoms with Crippen molar-refractivity contribution in [3.63, 3.8) is 0 Å². The van der Waals surface area contributed by atoms with Gasteiger partial charge in [-0.25, -0.2) is 15.0 Å². The summed E-state index contributed by atoms with van der Waals surface area (Å²) in [5.74, 6) is 6.21. The van der Waals surface area contributed by atoms with Crippen LogP contribution in [0.5, 0.6) is 0 Å². The fourth-order valence-electron chi connectivity index (χ4n) is 4.58. The van der Waals surface area contributed by atoms with E-state index < -0.39 is 6.04 Å². The normalized spacial score (nSPS) is 11.7. The number of nitrogens with one attached hydrogen (secondary N) is 1. The highest BCUT2D eigenvalue weighted by molar-refractivity contribution is 6.04. The molecule has 3 N–H and O–H groups in total. The lowest BCUT2D eigenvalue weighted by molar-refractivity contribution is 0.0941. The van der Waals surface area contributed by atoms with E-state index in [9.17, 15) is 4.79 Å². The molecule has 0 radical (unpaired) electrons. The van der Waals surface area contributed by atoms with Crippen molar-refractivity contribution in [3.05, 3.63) is 108 Å². The summed E-state index contributed by atoms with van der Waals surface area (Å²) in [6.07, 6.45) is 8.46. The van der Waals surface area contributed by atoms with Crippen molar-refractivity contribution in [3.8, 4) is 23.0 Å². The minimum absolute atomic E-state index is 0.116. The summed E-state index contributed by atoms with van der Waals surface area (Å²) >= 11 is 0. The van der Waals surface area contributed by atoms with Crippen molar-refractivity contribution in [2.24, 2.45) is 7.05 Å². The number of fused-ring (bicyclic) bond motifs is 2. The number of amides is 1. The highest BCUT2D eigenvalue weighted by Gasteiger charge is 2.22. The van der Waals surface area contributed by atoms with Gasteiger partial charge in [0.05, 0.1) is 29.0 Å². The molecule has 0 aliphatic heterocycles. The second kappa shape index (κ2) is 9.76. The molecule has 9 heteroatoms. The predicted octanol–water partition coefficient (Wildman–Crippen LogP) is 4.15. The van der Waals surface area contributed by atoms with Crippen LogP contribution in [0.15, 0.2) is 85.7 Å². The Balaban J connectivity index is 1.44. The number of pyridine rings is 1. The van der Waals surface area contributed by atoms with E-state index in [-0.39, 0.29) is 17.3 Å². The van der Waals surface area contributed by atoms with Gasteiger partial charge in [0.25, 0.3) is 5.91 Å². The summed E-state index contributed by atoms with van der Waals surface area (Å²) in [5, 5.41) is 8.17. The maximum Gasteiger partial charge on any atom is 0.259 e. The molecule has 0 spiro atoms. The molecule has 4 heterocycles. The van der Waals surface area contributed by atoms with E-state index in [1.165, 1.54) is 6.33 Å². The zero-order chi connectivity index (χ0) is 26.9. The van der Waals surface area contributed by atoms with Crippen molar-refractivity contribution in [2.45, 2.75) is 13.0 Å². The molecule has 0 saturated carbocycles. The third kappa shape index (κ3) is 4.55. The molecule has 0 bridgehead atoms. The average Bonchev–Trinajstić information content (AvgIpc) is 3.60. The first kappa shape index (κ1) is 23.9. The van der Waals surface area contributed by atoms with Crippen LogP contribution < -0.4 is 11.1 Å². The van der Waals surface area contributed by atoms with Crippen LogP contribution >= 0.6 is 0 Å². The third-order valence-electron chi connectivity index (χ3n) is 6.47. The largest absolute Gasteiger partial charge is 0.383 e. The Morgan fingerprint density at radius 2 is 1.92 bits per heavy atom. The molecule has 6 aromatic rings. The van der Waals surface area contributed by atoms with Gasteiger partial charge in [-0.3, -0.25) is 13.9 Å². The van der Waals surface area contributed by atoms with Crippen LogP contribution in [-0.2, 0) is 7.05 Å². The highest BCUT2D eigenvalue weighted by atomic mass is 16.1. The molecule has 0 aliphatic rings. The molecular weight excluding hydrogens is 488 g/mol. The molecule has 0 aliphatic carbocycles. The Bertz CT molecular complexity index is 1910. The van der Waals surface area contributed by atoms with Gasteiger partial charge in [-0.15, -0.1) is 0 Å². The van der Waals surface area contributed by atoms with Crippen molar-refractivity contribution in [1.29, 1.82) is 0 Å². The van der Waals surface area contributed by atoms with Gasteiger partial charge in [0.15, 0.2) is 5.65 Å². The van der Waals surface area contributed by atoms with E-state index in [0.717, 1.165) is 38.9 Å². The number of nitrogens with zero attached hydrogens (tertiary/aromatic N) is 6. The molecule has 9 nitrogen and oxygen atoms in total. The smallest absolute Gasteiger partial charge is 0.259 e. The van der Waals surface area contributed by atoms with Crippen LogP contribution in [0.2, 0.25) is 0 Å². The minimum Gasteiger partial charge on any atom is -0.383 e. The number of carbonyl (C=O) groups is 1. The summed E-state index contributed by atoms with van der Waals surface area (Å²) in [7, 11) is 1.86. The number of rotatable bonds is 4. The van der Waals surface area contributed by atoms with Crippen LogP contribution in [0.4, 0.5) is 5.82 Å². The number of nitrogen functional groups attached to an aromatic ring is 1. The molecule has 1 amide bonds. The van der Waals surface area contributed by atoms with Crippen molar-refractivity contribution >= 4 is 28.3 Å². The van der Waals surface area contributed by atoms with Gasteiger partial charge in [-0.1, -0.05) is 48.2 Å². The third-order valence-corrected chi connectivity index (χ3v) is 6.47. The lowest BCUT2D eigenvalue weighted by Crippen LogP contribution is -2.29. The zero-order valence-electron chi connectivity index (χ0n) is 21.3. The Kier molecular flexibility index (Phi) is 5.98. The predicted molar refractivity (Wildman–Crippen MR) is 150 cm³/mol. The number of benzene rings is 2. The number of hydrogen-bond acceptors (Lipinski definition) is 6. The second-order valence-corrected chi connectivity index (χ2v) is 9.17. The van der Waals surface area contributed by atoms with Crippen LogP contribution in [0.3, 0.4) is 0 Å². The van der Waals surface area contributed by atoms with E-state index >= 15 is 0 Å². The summed E-state index contributed by atoms with van der Waals surface area (Å²) in [6.45, 7) is 1.90. The molecule has 0 saturated heterocycles. The number of hydrogen-bond donors (Lipinski definition) is 2. The molecule has 1 atom stereocenters. The van der Waals surface area contributed by atoms with Crippen LogP contribution in [0, 0.1) is 11.8 Å². The molecule has 2 aromatic carbocycles. The standard InChI is InChI=1S/C30H24N8O/c1-19(35-30(39)26-28(31)33-18-38-14-13-32-29(26)38)27-24(21-7-4-3-5-8-21)15-23-22(9-6-10-25(23)36-27)12-11-20-16-34-37(2)17-20/h3-10,13-19H,31H2,1-2H3,(H,35,39)/t19-/m0/s1.